The summed E-state index contributed by atoms with van der Waals surface area (Å²) in [6.07, 6.45) is -0.834. The first-order valence-corrected chi connectivity index (χ1v) is 10.3. The number of aliphatic hydroxyl groups excluding tert-OH is 1. The maximum absolute atomic E-state index is 13.5. The molecule has 1 fully saturated rings. The monoisotopic (exact) mass is 434 g/mol. The Balaban J connectivity index is 1.52. The number of aliphatic hydroxyl groups is 1. The predicted octanol–water partition coefficient (Wildman–Crippen LogP) is 3.26. The van der Waals surface area contributed by atoms with Gasteiger partial charge in [0.1, 0.15) is 24.3 Å². The van der Waals surface area contributed by atoms with Crippen molar-refractivity contribution < 1.29 is 23.8 Å². The van der Waals surface area contributed by atoms with E-state index in [1.54, 1.807) is 12.1 Å². The quantitative estimate of drug-likeness (QED) is 0.534. The number of hydrogen-bond acceptors (Lipinski definition) is 4. The van der Waals surface area contributed by atoms with E-state index in [-0.39, 0.29) is 19.6 Å². The van der Waals surface area contributed by atoms with E-state index in [9.17, 15) is 19.1 Å². The van der Waals surface area contributed by atoms with Gasteiger partial charge >= 0.3 is 6.03 Å². The molecule has 4 rings (SSSR count). The number of nitrogens with one attached hydrogen (secondary N) is 1. The highest BCUT2D eigenvalue weighted by atomic mass is 19.1. The minimum Gasteiger partial charge on any atom is -0.491 e. The van der Waals surface area contributed by atoms with Crippen LogP contribution in [-0.2, 0) is 16.8 Å². The van der Waals surface area contributed by atoms with Crippen LogP contribution in [0, 0.1) is 5.82 Å². The average molecular weight is 434 g/mol. The second-order valence-electron chi connectivity index (χ2n) is 7.70. The molecular formula is C25H23FN2O4. The molecule has 0 radical (unpaired) electrons. The summed E-state index contributed by atoms with van der Waals surface area (Å²) < 4.78 is 18.5. The van der Waals surface area contributed by atoms with Crippen LogP contribution in [0.5, 0.6) is 5.75 Å². The molecule has 3 aromatic rings. The Morgan fingerprint density at radius 2 is 1.56 bits per heavy atom. The third-order valence-electron chi connectivity index (χ3n) is 5.40. The summed E-state index contributed by atoms with van der Waals surface area (Å²) in [4.78, 5) is 27.4. The van der Waals surface area contributed by atoms with Crippen molar-refractivity contribution >= 4 is 11.9 Å². The van der Waals surface area contributed by atoms with Crippen LogP contribution < -0.4 is 10.1 Å². The van der Waals surface area contributed by atoms with Gasteiger partial charge in [-0.25, -0.2) is 9.18 Å². The number of β-amino-alcohol motifs (C(OH)–C–C–N with tert-alkyl or cyclic N) is 1. The molecule has 0 unspecified atom stereocenters. The Hall–Kier alpha value is -3.71. The molecule has 1 saturated heterocycles. The Morgan fingerprint density at radius 3 is 2.22 bits per heavy atom. The highest BCUT2D eigenvalue weighted by molar-refractivity contribution is 6.07. The molecule has 0 saturated carbocycles. The van der Waals surface area contributed by atoms with E-state index in [1.165, 1.54) is 24.3 Å². The van der Waals surface area contributed by atoms with E-state index in [0.29, 0.717) is 11.3 Å². The van der Waals surface area contributed by atoms with E-state index in [0.717, 1.165) is 10.5 Å². The van der Waals surface area contributed by atoms with Gasteiger partial charge < -0.3 is 15.2 Å². The van der Waals surface area contributed by atoms with Crippen molar-refractivity contribution in [1.82, 2.24) is 10.2 Å². The number of carbonyl (C=O) groups excluding carboxylic acids is 2. The number of halogens is 1. The van der Waals surface area contributed by atoms with Crippen LogP contribution in [0.2, 0.25) is 0 Å². The van der Waals surface area contributed by atoms with Crippen LogP contribution in [0.1, 0.15) is 11.1 Å². The molecule has 0 aromatic heterocycles. The van der Waals surface area contributed by atoms with E-state index >= 15 is 0 Å². The highest BCUT2D eigenvalue weighted by Gasteiger charge is 2.52. The van der Waals surface area contributed by atoms with Crippen molar-refractivity contribution in [3.05, 3.63) is 102 Å². The topological polar surface area (TPSA) is 78.9 Å². The lowest BCUT2D eigenvalue weighted by molar-refractivity contribution is -0.132. The summed E-state index contributed by atoms with van der Waals surface area (Å²) in [6, 6.07) is 23.3. The Morgan fingerprint density at radius 1 is 0.938 bits per heavy atom. The van der Waals surface area contributed by atoms with Crippen LogP contribution in [0.4, 0.5) is 9.18 Å². The summed E-state index contributed by atoms with van der Waals surface area (Å²) in [7, 11) is 0. The first kappa shape index (κ1) is 21.5. The fourth-order valence-electron chi connectivity index (χ4n) is 3.82. The van der Waals surface area contributed by atoms with Gasteiger partial charge in [-0.05, 0) is 35.4 Å². The lowest BCUT2D eigenvalue weighted by Gasteiger charge is -2.28. The normalized spacial score (nSPS) is 19.0. The third kappa shape index (κ3) is 4.48. The van der Waals surface area contributed by atoms with Crippen molar-refractivity contribution in [3.63, 3.8) is 0 Å². The maximum Gasteiger partial charge on any atom is 0.325 e. The van der Waals surface area contributed by atoms with E-state index in [1.807, 2.05) is 48.5 Å². The smallest absolute Gasteiger partial charge is 0.325 e. The summed E-state index contributed by atoms with van der Waals surface area (Å²) in [5, 5.41) is 13.3. The van der Waals surface area contributed by atoms with Gasteiger partial charge in [-0.2, -0.15) is 0 Å². The molecule has 2 atom stereocenters. The van der Waals surface area contributed by atoms with Gasteiger partial charge in [0.15, 0.2) is 5.54 Å². The van der Waals surface area contributed by atoms with E-state index in [4.69, 9.17) is 4.74 Å². The summed E-state index contributed by atoms with van der Waals surface area (Å²) in [6.45, 7) is -0.380. The molecule has 0 aliphatic carbocycles. The van der Waals surface area contributed by atoms with Gasteiger partial charge in [0.25, 0.3) is 5.91 Å². The van der Waals surface area contributed by atoms with Crippen LogP contribution in [0.15, 0.2) is 84.9 Å². The SMILES string of the molecule is O=C1N[C@](Cc2ccccc2)(c2ccccc2)C(=O)N1C[C@@H](O)COc1ccc(F)cc1. The first-order valence-electron chi connectivity index (χ1n) is 10.3. The molecule has 1 aliphatic heterocycles. The minimum atomic E-state index is -1.27. The zero-order valence-electron chi connectivity index (χ0n) is 17.3. The molecule has 3 aromatic carbocycles. The average Bonchev–Trinajstić information content (AvgIpc) is 3.05. The largest absolute Gasteiger partial charge is 0.491 e. The Labute approximate surface area is 185 Å². The zero-order chi connectivity index (χ0) is 22.6. The number of amides is 3. The van der Waals surface area contributed by atoms with E-state index < -0.39 is 29.4 Å². The molecule has 6 nitrogen and oxygen atoms in total. The zero-order valence-corrected chi connectivity index (χ0v) is 17.3. The van der Waals surface area contributed by atoms with Crippen LogP contribution >= 0.6 is 0 Å². The molecule has 164 valence electrons. The van der Waals surface area contributed by atoms with Crippen LogP contribution in [0.25, 0.3) is 0 Å². The van der Waals surface area contributed by atoms with Gasteiger partial charge in [0, 0.05) is 6.42 Å². The second-order valence-corrected chi connectivity index (χ2v) is 7.70. The molecule has 1 heterocycles. The minimum absolute atomic E-state index is 0.153. The summed E-state index contributed by atoms with van der Waals surface area (Å²) >= 11 is 0. The van der Waals surface area contributed by atoms with Crippen molar-refractivity contribution in [2.24, 2.45) is 0 Å². The highest BCUT2D eigenvalue weighted by Crippen LogP contribution is 2.33. The van der Waals surface area contributed by atoms with Crippen molar-refractivity contribution in [1.29, 1.82) is 0 Å². The van der Waals surface area contributed by atoms with Crippen LogP contribution in [0.3, 0.4) is 0 Å². The number of hydrogen-bond donors (Lipinski definition) is 2. The number of imide groups is 1. The number of nitrogens with zero attached hydrogens (tertiary/aromatic N) is 1. The number of carbonyl (C=O) groups is 2. The maximum atomic E-state index is 13.5. The van der Waals surface area contributed by atoms with Crippen molar-refractivity contribution in [2.45, 2.75) is 18.1 Å². The number of ether oxygens (including phenoxy) is 1. The molecule has 1 aliphatic rings. The summed E-state index contributed by atoms with van der Waals surface area (Å²) in [5.41, 5.74) is 0.297. The molecule has 0 bridgehead atoms. The lowest BCUT2D eigenvalue weighted by Crippen LogP contribution is -2.46. The van der Waals surface area contributed by atoms with Gasteiger partial charge in [0.2, 0.25) is 0 Å². The molecule has 3 amide bonds. The third-order valence-corrected chi connectivity index (χ3v) is 5.40. The molecular weight excluding hydrogens is 411 g/mol. The standard InChI is InChI=1S/C25H23FN2O4/c26-20-11-13-22(14-12-20)32-17-21(29)16-28-23(30)25(27-24(28)31,19-9-5-2-6-10-19)15-18-7-3-1-4-8-18/h1-14,21,29H,15-17H2,(H,27,31)/t21-,25-/m1/s1. The first-order chi connectivity index (χ1) is 15.5. The van der Waals surface area contributed by atoms with Gasteiger partial charge in [-0.3, -0.25) is 9.69 Å². The van der Waals surface area contributed by atoms with Crippen LogP contribution in [-0.4, -0.2) is 41.2 Å². The summed E-state index contributed by atoms with van der Waals surface area (Å²) in [5.74, 6) is -0.448. The number of rotatable bonds is 8. The fraction of sp³-hybridized carbons (Fsp3) is 0.200. The van der Waals surface area contributed by atoms with Crippen molar-refractivity contribution in [3.8, 4) is 5.75 Å². The molecule has 7 heteroatoms. The molecule has 2 N–H and O–H groups in total. The van der Waals surface area contributed by atoms with Gasteiger partial charge in [0.05, 0.1) is 6.54 Å². The van der Waals surface area contributed by atoms with Gasteiger partial charge in [-0.1, -0.05) is 60.7 Å². The number of urea groups is 1. The number of benzene rings is 3. The Bertz CT molecular complexity index is 1080. The van der Waals surface area contributed by atoms with Gasteiger partial charge in [-0.15, -0.1) is 0 Å². The lowest BCUT2D eigenvalue weighted by atomic mass is 9.83. The molecule has 0 spiro atoms. The van der Waals surface area contributed by atoms with Crippen molar-refractivity contribution in [2.75, 3.05) is 13.2 Å². The Kier molecular flexibility index (Phi) is 6.18. The predicted molar refractivity (Wildman–Crippen MR) is 116 cm³/mol. The second kappa shape index (κ2) is 9.20. The molecule has 32 heavy (non-hydrogen) atoms. The van der Waals surface area contributed by atoms with E-state index in [2.05, 4.69) is 5.32 Å². The fourth-order valence-corrected chi connectivity index (χ4v) is 3.82.